The molecular formula is C23H17ClF3N3O3S. The molecule has 2 aromatic carbocycles. The number of pyridine rings is 1. The van der Waals surface area contributed by atoms with Gasteiger partial charge in [-0.3, -0.25) is 9.52 Å². The summed E-state index contributed by atoms with van der Waals surface area (Å²) < 4.78 is 69.8. The lowest BCUT2D eigenvalue weighted by Gasteiger charge is -2.12. The number of anilines is 1. The molecule has 0 bridgehead atoms. The number of fused-ring (bicyclic) bond motifs is 1. The maximum absolute atomic E-state index is 15.1. The Morgan fingerprint density at radius 3 is 2.47 bits per heavy atom. The van der Waals surface area contributed by atoms with Gasteiger partial charge in [-0.1, -0.05) is 30.7 Å². The molecule has 0 aliphatic carbocycles. The second kappa shape index (κ2) is 9.11. The van der Waals surface area contributed by atoms with Crippen molar-refractivity contribution in [1.82, 2.24) is 9.97 Å². The van der Waals surface area contributed by atoms with Crippen molar-refractivity contribution in [2.75, 3.05) is 10.5 Å². The molecule has 34 heavy (non-hydrogen) atoms. The summed E-state index contributed by atoms with van der Waals surface area (Å²) in [4.78, 5) is 20.2. The van der Waals surface area contributed by atoms with Crippen LogP contribution in [0.15, 0.2) is 48.8 Å². The zero-order chi connectivity index (χ0) is 24.6. The van der Waals surface area contributed by atoms with Crippen LogP contribution < -0.4 is 4.72 Å². The molecular weight excluding hydrogens is 491 g/mol. The molecule has 4 rings (SSSR count). The van der Waals surface area contributed by atoms with Crippen LogP contribution in [0.25, 0.3) is 22.2 Å². The van der Waals surface area contributed by atoms with E-state index >= 15 is 4.39 Å². The molecule has 2 N–H and O–H groups in total. The number of aromatic amines is 1. The highest BCUT2D eigenvalue weighted by Gasteiger charge is 2.28. The van der Waals surface area contributed by atoms with E-state index in [2.05, 4.69) is 9.97 Å². The number of hydrogen-bond donors (Lipinski definition) is 2. The Balaban J connectivity index is 1.81. The SMILES string of the molecule is CCCS(=O)(=O)Nc1c(F)cc(F)c(C(=O)c2c[nH]c3ncc(-c4ccc(Cl)cc4)cc23)c1F. The molecule has 11 heteroatoms. The minimum absolute atomic E-state index is 0.120. The lowest BCUT2D eigenvalue weighted by atomic mass is 9.99. The normalized spacial score (nSPS) is 11.7. The van der Waals surface area contributed by atoms with Crippen molar-refractivity contribution in [3.05, 3.63) is 82.4 Å². The van der Waals surface area contributed by atoms with E-state index in [1.54, 1.807) is 48.2 Å². The topological polar surface area (TPSA) is 91.9 Å². The quantitative estimate of drug-likeness (QED) is 0.315. The smallest absolute Gasteiger partial charge is 0.232 e. The van der Waals surface area contributed by atoms with Crippen molar-refractivity contribution in [1.29, 1.82) is 0 Å². The van der Waals surface area contributed by atoms with Gasteiger partial charge in [-0.2, -0.15) is 0 Å². The van der Waals surface area contributed by atoms with Crippen LogP contribution in [-0.2, 0) is 10.0 Å². The number of ketones is 1. The van der Waals surface area contributed by atoms with Gasteiger partial charge in [0.1, 0.15) is 17.2 Å². The Bertz CT molecular complexity index is 1520. The second-order valence-corrected chi connectivity index (χ2v) is 9.76. The zero-order valence-corrected chi connectivity index (χ0v) is 19.2. The third-order valence-electron chi connectivity index (χ3n) is 5.08. The molecule has 0 aliphatic rings. The minimum atomic E-state index is -4.10. The maximum Gasteiger partial charge on any atom is 0.232 e. The molecule has 6 nitrogen and oxygen atoms in total. The lowest BCUT2D eigenvalue weighted by Crippen LogP contribution is -2.20. The number of nitrogens with zero attached hydrogens (tertiary/aromatic N) is 1. The molecule has 0 unspecified atom stereocenters. The summed E-state index contributed by atoms with van der Waals surface area (Å²) in [5, 5.41) is 0.802. The molecule has 0 saturated heterocycles. The summed E-state index contributed by atoms with van der Waals surface area (Å²) in [6, 6.07) is 8.72. The van der Waals surface area contributed by atoms with E-state index in [1.807, 2.05) is 0 Å². The standard InChI is InChI=1S/C23H17ClF3N3O3S/c1-2-7-34(32,33)30-21-18(26)9-17(25)19(20(21)27)22(31)16-11-29-23-15(16)8-13(10-28-23)12-3-5-14(24)6-4-12/h3-6,8-11,30H,2,7H2,1H3,(H,28,29). The number of benzene rings is 2. The van der Waals surface area contributed by atoms with Crippen molar-refractivity contribution in [3.8, 4) is 11.1 Å². The van der Waals surface area contributed by atoms with Crippen molar-refractivity contribution < 1.29 is 26.4 Å². The third-order valence-corrected chi connectivity index (χ3v) is 6.79. The highest BCUT2D eigenvalue weighted by atomic mass is 35.5. The summed E-state index contributed by atoms with van der Waals surface area (Å²) >= 11 is 5.92. The fourth-order valence-corrected chi connectivity index (χ4v) is 4.76. The van der Waals surface area contributed by atoms with Gasteiger partial charge in [0.15, 0.2) is 11.6 Å². The van der Waals surface area contributed by atoms with Crippen molar-refractivity contribution in [2.45, 2.75) is 13.3 Å². The highest BCUT2D eigenvalue weighted by Crippen LogP contribution is 2.31. The minimum Gasteiger partial charge on any atom is -0.345 e. The molecule has 176 valence electrons. The molecule has 0 saturated carbocycles. The first-order valence-corrected chi connectivity index (χ1v) is 12.1. The van der Waals surface area contributed by atoms with Gasteiger partial charge in [0.05, 0.1) is 11.3 Å². The maximum atomic E-state index is 15.1. The van der Waals surface area contributed by atoms with E-state index in [-0.39, 0.29) is 29.1 Å². The monoisotopic (exact) mass is 507 g/mol. The fraction of sp³-hybridized carbons (Fsp3) is 0.130. The Kier molecular flexibility index (Phi) is 6.37. The van der Waals surface area contributed by atoms with Crippen LogP contribution in [0.1, 0.15) is 29.3 Å². The molecule has 2 aromatic heterocycles. The van der Waals surface area contributed by atoms with Crippen molar-refractivity contribution in [2.24, 2.45) is 0 Å². The van der Waals surface area contributed by atoms with E-state index in [4.69, 9.17) is 11.6 Å². The zero-order valence-electron chi connectivity index (χ0n) is 17.6. The van der Waals surface area contributed by atoms with Crippen LogP contribution in [0.5, 0.6) is 0 Å². The van der Waals surface area contributed by atoms with Gasteiger partial charge >= 0.3 is 0 Å². The number of carbonyl (C=O) groups excluding carboxylic acids is 1. The number of nitrogens with one attached hydrogen (secondary N) is 2. The molecule has 0 aliphatic heterocycles. The number of H-pyrrole nitrogens is 1. The van der Waals surface area contributed by atoms with Crippen LogP contribution >= 0.6 is 11.6 Å². The average molecular weight is 508 g/mol. The predicted molar refractivity (Wildman–Crippen MR) is 124 cm³/mol. The van der Waals surface area contributed by atoms with Crippen LogP contribution in [0.4, 0.5) is 18.9 Å². The summed E-state index contributed by atoms with van der Waals surface area (Å²) in [5.74, 6) is -6.09. The number of sulfonamides is 1. The van der Waals surface area contributed by atoms with Gasteiger partial charge in [0.25, 0.3) is 0 Å². The van der Waals surface area contributed by atoms with Crippen molar-refractivity contribution >= 4 is 44.1 Å². The molecule has 4 aromatic rings. The first kappa shape index (κ1) is 23.8. The van der Waals surface area contributed by atoms with Gasteiger partial charge in [-0.05, 0) is 30.2 Å². The van der Waals surface area contributed by atoms with Crippen LogP contribution in [0, 0.1) is 17.5 Å². The summed E-state index contributed by atoms with van der Waals surface area (Å²) in [6.07, 6.45) is 2.97. The van der Waals surface area contributed by atoms with Crippen LogP contribution in [0.3, 0.4) is 0 Å². The second-order valence-electron chi connectivity index (χ2n) is 7.48. The van der Waals surface area contributed by atoms with Gasteiger partial charge in [-0.15, -0.1) is 0 Å². The predicted octanol–water partition coefficient (Wildman–Crippen LogP) is 5.68. The Labute approximate surface area is 197 Å². The highest BCUT2D eigenvalue weighted by molar-refractivity contribution is 7.92. The largest absolute Gasteiger partial charge is 0.345 e. The lowest BCUT2D eigenvalue weighted by molar-refractivity contribution is 0.103. The summed E-state index contributed by atoms with van der Waals surface area (Å²) in [5.41, 5.74) is -0.680. The molecule has 2 heterocycles. The van der Waals surface area contributed by atoms with E-state index in [0.29, 0.717) is 10.6 Å². The molecule has 0 amide bonds. The van der Waals surface area contributed by atoms with Crippen LogP contribution in [-0.4, -0.2) is 29.9 Å². The number of carbonyl (C=O) groups is 1. The van der Waals surface area contributed by atoms with E-state index in [9.17, 15) is 22.0 Å². The number of aromatic nitrogens is 2. The van der Waals surface area contributed by atoms with E-state index < -0.39 is 50.3 Å². The Morgan fingerprint density at radius 1 is 1.09 bits per heavy atom. The number of halogens is 4. The number of rotatable bonds is 7. The third kappa shape index (κ3) is 4.51. The Hall–Kier alpha value is -3.37. The molecule has 0 radical (unpaired) electrons. The first-order valence-electron chi connectivity index (χ1n) is 10.1. The van der Waals surface area contributed by atoms with Gasteiger partial charge in [0, 0.05) is 40.0 Å². The molecule has 0 spiro atoms. The van der Waals surface area contributed by atoms with Gasteiger partial charge in [0.2, 0.25) is 15.8 Å². The van der Waals surface area contributed by atoms with Gasteiger partial charge in [-0.25, -0.2) is 26.6 Å². The summed E-state index contributed by atoms with van der Waals surface area (Å²) in [7, 11) is -4.10. The molecule has 0 atom stereocenters. The van der Waals surface area contributed by atoms with Gasteiger partial charge < -0.3 is 4.98 Å². The first-order chi connectivity index (χ1) is 16.1. The van der Waals surface area contributed by atoms with E-state index in [0.717, 1.165) is 5.56 Å². The van der Waals surface area contributed by atoms with Crippen LogP contribution in [0.2, 0.25) is 5.02 Å². The fourth-order valence-electron chi connectivity index (χ4n) is 3.49. The summed E-state index contributed by atoms with van der Waals surface area (Å²) in [6.45, 7) is 1.56. The number of hydrogen-bond acceptors (Lipinski definition) is 4. The van der Waals surface area contributed by atoms with Crippen molar-refractivity contribution in [3.63, 3.8) is 0 Å². The molecule has 0 fully saturated rings. The average Bonchev–Trinajstić information content (AvgIpc) is 3.20. The Morgan fingerprint density at radius 2 is 1.79 bits per heavy atom. The van der Waals surface area contributed by atoms with E-state index in [1.165, 1.54) is 6.20 Å².